The second-order valence-electron chi connectivity index (χ2n) is 11.8. The first-order chi connectivity index (χ1) is 21.0. The van der Waals surface area contributed by atoms with E-state index >= 15 is 0 Å². The molecule has 1 amide bonds. The van der Waals surface area contributed by atoms with Gasteiger partial charge in [-0.25, -0.2) is 9.59 Å². The molecule has 0 aliphatic heterocycles. The molecule has 4 atom stereocenters. The standard InChI is InChI=1S/C32H58N2O10/c1-7-27(11-9-10-26(35)12-14-38-16-18-40-20-21-41-19-17-39-15-13-33)43-29-23-25(30(36)42-8-2)22-28(24(29)3)34-31(37)44-32(4,5)6/h23-24,27-29H,7-22,33H2,1-6H3,(H,34,37)/t24-,27+,28+,29-/m1/s1. The summed E-state index contributed by atoms with van der Waals surface area (Å²) >= 11 is 0. The first kappa shape index (κ1) is 39.9. The first-order valence-corrected chi connectivity index (χ1v) is 16.1. The van der Waals surface area contributed by atoms with Crippen LogP contribution in [0.15, 0.2) is 11.6 Å². The lowest BCUT2D eigenvalue weighted by atomic mass is 9.83. The zero-order valence-electron chi connectivity index (χ0n) is 27.9. The van der Waals surface area contributed by atoms with Crippen LogP contribution in [0.1, 0.15) is 80.1 Å². The van der Waals surface area contributed by atoms with Crippen LogP contribution in [0.5, 0.6) is 0 Å². The molecular formula is C32H58N2O10. The van der Waals surface area contributed by atoms with E-state index in [2.05, 4.69) is 5.32 Å². The van der Waals surface area contributed by atoms with E-state index in [1.807, 2.05) is 19.9 Å². The predicted octanol–water partition coefficient (Wildman–Crippen LogP) is 3.73. The highest BCUT2D eigenvalue weighted by molar-refractivity contribution is 5.89. The van der Waals surface area contributed by atoms with Crippen LogP contribution in [-0.4, -0.2) is 108 Å². The molecule has 1 aliphatic rings. The summed E-state index contributed by atoms with van der Waals surface area (Å²) in [4.78, 5) is 37.5. The molecule has 1 rings (SSSR count). The van der Waals surface area contributed by atoms with E-state index in [-0.39, 0.29) is 30.5 Å². The van der Waals surface area contributed by atoms with E-state index in [4.69, 9.17) is 38.9 Å². The minimum Gasteiger partial charge on any atom is -0.463 e. The van der Waals surface area contributed by atoms with Crippen molar-refractivity contribution in [1.82, 2.24) is 5.32 Å². The van der Waals surface area contributed by atoms with E-state index in [0.717, 1.165) is 6.42 Å². The van der Waals surface area contributed by atoms with E-state index < -0.39 is 23.8 Å². The van der Waals surface area contributed by atoms with Gasteiger partial charge in [0.2, 0.25) is 0 Å². The molecule has 0 aromatic rings. The summed E-state index contributed by atoms with van der Waals surface area (Å²) in [6.07, 6.45) is 4.04. The van der Waals surface area contributed by atoms with Crippen molar-refractivity contribution < 1.29 is 47.5 Å². The average Bonchev–Trinajstić information content (AvgIpc) is 2.95. The SMILES string of the molecule is CCOC(=O)C1=C[C@@H](O[C@@H](CC)CCCC(=O)CCOCCOCCOCCOCCN)[C@H](C)[C@@H](NC(=O)OC(C)(C)C)C1. The number of ether oxygens (including phenoxy) is 7. The number of esters is 1. The number of nitrogens with one attached hydrogen (secondary N) is 1. The molecule has 12 nitrogen and oxygen atoms in total. The number of carbonyl (C=O) groups is 3. The van der Waals surface area contributed by atoms with Crippen LogP contribution in [0, 0.1) is 5.92 Å². The number of hydrogen-bond acceptors (Lipinski definition) is 11. The number of amides is 1. The Labute approximate surface area is 264 Å². The molecular weight excluding hydrogens is 572 g/mol. The minimum atomic E-state index is -0.639. The zero-order valence-corrected chi connectivity index (χ0v) is 27.9. The normalized spacial score (nSPS) is 19.2. The molecule has 0 saturated heterocycles. The molecule has 0 saturated carbocycles. The van der Waals surface area contributed by atoms with Crippen molar-refractivity contribution in [3.8, 4) is 0 Å². The van der Waals surface area contributed by atoms with Crippen molar-refractivity contribution in [3.05, 3.63) is 11.6 Å². The molecule has 0 aromatic heterocycles. The van der Waals surface area contributed by atoms with Gasteiger partial charge in [-0.1, -0.05) is 13.8 Å². The van der Waals surface area contributed by atoms with Crippen molar-refractivity contribution in [2.24, 2.45) is 11.7 Å². The van der Waals surface area contributed by atoms with Gasteiger partial charge in [-0.3, -0.25) is 4.79 Å². The Balaban J connectivity index is 2.40. The summed E-state index contributed by atoms with van der Waals surface area (Å²) in [6, 6.07) is -0.358. The summed E-state index contributed by atoms with van der Waals surface area (Å²) in [5.74, 6) is -0.375. The smallest absolute Gasteiger partial charge is 0.407 e. The zero-order chi connectivity index (χ0) is 32.8. The molecule has 0 heterocycles. The maximum absolute atomic E-state index is 12.6. The quantitative estimate of drug-likeness (QED) is 0.118. The van der Waals surface area contributed by atoms with E-state index in [0.29, 0.717) is 97.1 Å². The Bertz CT molecular complexity index is 845. The number of rotatable bonds is 24. The number of alkyl carbamates (subject to hydrolysis) is 1. The molecule has 0 spiro atoms. The van der Waals surface area contributed by atoms with Gasteiger partial charge in [0.25, 0.3) is 0 Å². The fourth-order valence-electron chi connectivity index (χ4n) is 4.52. The number of ketones is 1. The monoisotopic (exact) mass is 630 g/mol. The Kier molecular flexibility index (Phi) is 21.1. The van der Waals surface area contributed by atoms with Crippen molar-refractivity contribution in [2.45, 2.75) is 104 Å². The van der Waals surface area contributed by atoms with Crippen LogP contribution in [0.4, 0.5) is 4.79 Å². The fourth-order valence-corrected chi connectivity index (χ4v) is 4.52. The van der Waals surface area contributed by atoms with Crippen LogP contribution in [0.25, 0.3) is 0 Å². The maximum Gasteiger partial charge on any atom is 0.407 e. The summed E-state index contributed by atoms with van der Waals surface area (Å²) in [6.45, 7) is 15.7. The predicted molar refractivity (Wildman–Crippen MR) is 166 cm³/mol. The molecule has 0 radical (unpaired) electrons. The van der Waals surface area contributed by atoms with Gasteiger partial charge in [-0.2, -0.15) is 0 Å². The van der Waals surface area contributed by atoms with Gasteiger partial charge in [0.1, 0.15) is 11.4 Å². The lowest BCUT2D eigenvalue weighted by Crippen LogP contribution is -2.49. The topological polar surface area (TPSA) is 154 Å². The van der Waals surface area contributed by atoms with Crippen LogP contribution in [-0.2, 0) is 42.7 Å². The highest BCUT2D eigenvalue weighted by Gasteiger charge is 2.36. The Morgan fingerprint density at radius 1 is 0.932 bits per heavy atom. The van der Waals surface area contributed by atoms with Gasteiger partial charge >= 0.3 is 12.1 Å². The van der Waals surface area contributed by atoms with Gasteiger partial charge in [-0.05, 0) is 53.0 Å². The summed E-state index contributed by atoms with van der Waals surface area (Å²) < 4.78 is 38.7. The first-order valence-electron chi connectivity index (χ1n) is 16.1. The van der Waals surface area contributed by atoms with Crippen LogP contribution >= 0.6 is 0 Å². The maximum atomic E-state index is 12.6. The third kappa shape index (κ3) is 18.7. The Morgan fingerprint density at radius 2 is 1.52 bits per heavy atom. The summed E-state index contributed by atoms with van der Waals surface area (Å²) in [5.41, 5.74) is 5.18. The van der Waals surface area contributed by atoms with Crippen molar-refractivity contribution in [2.75, 3.05) is 66.0 Å². The van der Waals surface area contributed by atoms with Crippen LogP contribution < -0.4 is 11.1 Å². The van der Waals surface area contributed by atoms with Gasteiger partial charge < -0.3 is 44.2 Å². The second kappa shape index (κ2) is 23.3. The van der Waals surface area contributed by atoms with Crippen LogP contribution in [0.2, 0.25) is 0 Å². The van der Waals surface area contributed by atoms with Crippen molar-refractivity contribution in [3.63, 3.8) is 0 Å². The van der Waals surface area contributed by atoms with Gasteiger partial charge in [0.05, 0.1) is 71.7 Å². The number of hydrogen-bond donors (Lipinski definition) is 2. The lowest BCUT2D eigenvalue weighted by Gasteiger charge is -2.37. The van der Waals surface area contributed by atoms with Gasteiger partial charge in [0, 0.05) is 43.3 Å². The lowest BCUT2D eigenvalue weighted by molar-refractivity contribution is -0.139. The Morgan fingerprint density at radius 3 is 2.07 bits per heavy atom. The summed E-state index contributed by atoms with van der Waals surface area (Å²) in [5, 5.41) is 2.92. The third-order valence-electron chi connectivity index (χ3n) is 6.89. The van der Waals surface area contributed by atoms with Crippen molar-refractivity contribution in [1.29, 1.82) is 0 Å². The molecule has 44 heavy (non-hydrogen) atoms. The van der Waals surface area contributed by atoms with Gasteiger partial charge in [-0.15, -0.1) is 0 Å². The number of carbonyl (C=O) groups excluding carboxylic acids is 3. The molecule has 0 bridgehead atoms. The molecule has 256 valence electrons. The minimum absolute atomic E-state index is 0.105. The highest BCUT2D eigenvalue weighted by atomic mass is 16.6. The van der Waals surface area contributed by atoms with Gasteiger partial charge in [0.15, 0.2) is 0 Å². The number of Topliss-reactive ketones (excluding diaryl/α,β-unsaturated/α-hetero) is 1. The largest absolute Gasteiger partial charge is 0.463 e. The van der Waals surface area contributed by atoms with E-state index in [1.54, 1.807) is 27.7 Å². The second-order valence-corrected chi connectivity index (χ2v) is 11.8. The van der Waals surface area contributed by atoms with Crippen molar-refractivity contribution >= 4 is 17.8 Å². The number of nitrogens with two attached hydrogens (primary N) is 1. The molecule has 1 aliphatic carbocycles. The van der Waals surface area contributed by atoms with E-state index in [9.17, 15) is 14.4 Å². The molecule has 0 aromatic carbocycles. The molecule has 0 fully saturated rings. The summed E-state index contributed by atoms with van der Waals surface area (Å²) in [7, 11) is 0. The third-order valence-corrected chi connectivity index (χ3v) is 6.89. The molecule has 3 N–H and O–H groups in total. The molecule has 0 unspecified atom stereocenters. The fraction of sp³-hybridized carbons (Fsp3) is 0.844. The van der Waals surface area contributed by atoms with E-state index in [1.165, 1.54) is 0 Å². The van der Waals surface area contributed by atoms with Crippen LogP contribution in [0.3, 0.4) is 0 Å². The molecule has 12 heteroatoms. The highest BCUT2D eigenvalue weighted by Crippen LogP contribution is 2.30. The average molecular weight is 631 g/mol. The Hall–Kier alpha value is -2.09.